The van der Waals surface area contributed by atoms with Gasteiger partial charge in [-0.15, -0.1) is 0 Å². The SMILES string of the molecule is COC(=O)c1cc(Nc2ncc(Cl)c(NC3CCCC3C#N)n2)ccc1Br. The fraction of sp³-hybridized carbons (Fsp3) is 0.333. The van der Waals surface area contributed by atoms with Crippen LogP contribution in [0.4, 0.5) is 17.5 Å². The van der Waals surface area contributed by atoms with Crippen LogP contribution < -0.4 is 10.6 Å². The van der Waals surface area contributed by atoms with Gasteiger partial charge >= 0.3 is 5.97 Å². The van der Waals surface area contributed by atoms with Crippen molar-refractivity contribution in [3.8, 4) is 6.07 Å². The zero-order valence-electron chi connectivity index (χ0n) is 14.5. The second-order valence-corrected chi connectivity index (χ2v) is 7.38. The number of nitriles is 1. The molecule has 3 rings (SSSR count). The second-order valence-electron chi connectivity index (χ2n) is 6.12. The molecule has 0 radical (unpaired) electrons. The molecule has 1 aromatic carbocycles. The smallest absolute Gasteiger partial charge is 0.339 e. The van der Waals surface area contributed by atoms with Crippen LogP contribution in [-0.2, 0) is 4.74 Å². The summed E-state index contributed by atoms with van der Waals surface area (Å²) in [5, 5.41) is 15.9. The minimum Gasteiger partial charge on any atom is -0.465 e. The molecule has 1 fully saturated rings. The molecule has 7 nitrogen and oxygen atoms in total. The van der Waals surface area contributed by atoms with E-state index in [1.54, 1.807) is 18.2 Å². The van der Waals surface area contributed by atoms with E-state index >= 15 is 0 Å². The number of aromatic nitrogens is 2. The maximum Gasteiger partial charge on any atom is 0.339 e. The van der Waals surface area contributed by atoms with E-state index in [4.69, 9.17) is 16.3 Å². The van der Waals surface area contributed by atoms with Crippen molar-refractivity contribution in [2.45, 2.75) is 25.3 Å². The zero-order chi connectivity index (χ0) is 19.4. The maximum atomic E-state index is 11.8. The van der Waals surface area contributed by atoms with E-state index in [9.17, 15) is 10.1 Å². The van der Waals surface area contributed by atoms with E-state index in [2.05, 4.69) is 42.6 Å². The summed E-state index contributed by atoms with van der Waals surface area (Å²) < 4.78 is 5.40. The molecule has 0 amide bonds. The lowest BCUT2D eigenvalue weighted by atomic mass is 10.1. The predicted molar refractivity (Wildman–Crippen MR) is 106 cm³/mol. The van der Waals surface area contributed by atoms with Crippen molar-refractivity contribution in [2.24, 2.45) is 5.92 Å². The van der Waals surface area contributed by atoms with Gasteiger partial charge < -0.3 is 15.4 Å². The first kappa shape index (κ1) is 19.4. The van der Waals surface area contributed by atoms with Crippen molar-refractivity contribution in [1.29, 1.82) is 5.26 Å². The summed E-state index contributed by atoms with van der Waals surface area (Å²) in [7, 11) is 1.33. The van der Waals surface area contributed by atoms with Crippen LogP contribution in [0.25, 0.3) is 0 Å². The van der Waals surface area contributed by atoms with Crippen molar-refractivity contribution in [1.82, 2.24) is 9.97 Å². The number of esters is 1. The van der Waals surface area contributed by atoms with Gasteiger partial charge in [0.2, 0.25) is 5.95 Å². The molecule has 2 aromatic rings. The first-order valence-corrected chi connectivity index (χ1v) is 9.52. The molecule has 2 atom stereocenters. The van der Waals surface area contributed by atoms with E-state index in [1.807, 2.05) is 0 Å². The van der Waals surface area contributed by atoms with Crippen molar-refractivity contribution in [3.63, 3.8) is 0 Å². The van der Waals surface area contributed by atoms with Crippen molar-refractivity contribution >= 4 is 51.0 Å². The first-order valence-electron chi connectivity index (χ1n) is 8.35. The molecule has 1 aliphatic rings. The van der Waals surface area contributed by atoms with Gasteiger partial charge in [0.25, 0.3) is 0 Å². The average molecular weight is 451 g/mol. The highest BCUT2D eigenvalue weighted by atomic mass is 79.9. The molecule has 0 spiro atoms. The normalized spacial score (nSPS) is 18.6. The fourth-order valence-corrected chi connectivity index (χ4v) is 3.54. The van der Waals surface area contributed by atoms with Gasteiger partial charge in [0.05, 0.1) is 30.9 Å². The van der Waals surface area contributed by atoms with Crippen LogP contribution in [-0.4, -0.2) is 29.1 Å². The molecule has 1 aromatic heterocycles. The number of halogens is 2. The Kier molecular flexibility index (Phi) is 6.14. The third-order valence-corrected chi connectivity index (χ3v) is 5.34. The van der Waals surface area contributed by atoms with Crippen molar-refractivity contribution in [3.05, 3.63) is 39.5 Å². The third kappa shape index (κ3) is 4.49. The molecule has 140 valence electrons. The third-order valence-electron chi connectivity index (χ3n) is 4.38. The number of carbonyl (C=O) groups is 1. The van der Waals surface area contributed by atoms with Crippen LogP contribution >= 0.6 is 27.5 Å². The maximum absolute atomic E-state index is 11.8. The van der Waals surface area contributed by atoms with Gasteiger partial charge in [-0.25, -0.2) is 9.78 Å². The summed E-state index contributed by atoms with van der Waals surface area (Å²) in [6.07, 6.45) is 4.27. The number of benzene rings is 1. The summed E-state index contributed by atoms with van der Waals surface area (Å²) in [6.45, 7) is 0. The van der Waals surface area contributed by atoms with Gasteiger partial charge in [0.1, 0.15) is 5.02 Å². The van der Waals surface area contributed by atoms with E-state index < -0.39 is 5.97 Å². The summed E-state index contributed by atoms with van der Waals surface area (Å²) in [5.74, 6) is 0.299. The van der Waals surface area contributed by atoms with Crippen LogP contribution in [0.2, 0.25) is 5.02 Å². The molecule has 9 heteroatoms. The van der Waals surface area contributed by atoms with Crippen LogP contribution in [0.5, 0.6) is 0 Å². The number of carbonyl (C=O) groups excluding carboxylic acids is 1. The Morgan fingerprint density at radius 1 is 1.44 bits per heavy atom. The Bertz CT molecular complexity index is 902. The molecule has 1 saturated carbocycles. The average Bonchev–Trinajstić information content (AvgIpc) is 3.12. The van der Waals surface area contributed by atoms with Gasteiger partial charge in [-0.05, 0) is 53.4 Å². The summed E-state index contributed by atoms with van der Waals surface area (Å²) >= 11 is 9.54. The summed E-state index contributed by atoms with van der Waals surface area (Å²) in [6, 6.07) is 7.51. The number of hydrogen-bond acceptors (Lipinski definition) is 7. The summed E-state index contributed by atoms with van der Waals surface area (Å²) in [4.78, 5) is 20.4. The van der Waals surface area contributed by atoms with Crippen LogP contribution in [0.3, 0.4) is 0 Å². The second kappa shape index (κ2) is 8.55. The molecule has 2 unspecified atom stereocenters. The molecule has 1 heterocycles. The monoisotopic (exact) mass is 449 g/mol. The Balaban J connectivity index is 1.80. The minimum absolute atomic E-state index is 0.0221. The quantitative estimate of drug-likeness (QED) is 0.646. The Labute approximate surface area is 170 Å². The number of nitrogens with zero attached hydrogens (tertiary/aromatic N) is 3. The van der Waals surface area contributed by atoms with Crippen molar-refractivity contribution in [2.75, 3.05) is 17.7 Å². The molecular weight excluding hydrogens is 434 g/mol. The Morgan fingerprint density at radius 3 is 3.00 bits per heavy atom. The molecule has 0 bridgehead atoms. The van der Waals surface area contributed by atoms with Gasteiger partial charge in [-0.2, -0.15) is 10.2 Å². The first-order chi connectivity index (χ1) is 13.0. The summed E-state index contributed by atoms with van der Waals surface area (Å²) in [5.41, 5.74) is 1.01. The molecule has 27 heavy (non-hydrogen) atoms. The lowest BCUT2D eigenvalue weighted by Crippen LogP contribution is -2.23. The van der Waals surface area contributed by atoms with Gasteiger partial charge in [0, 0.05) is 16.2 Å². The van der Waals surface area contributed by atoms with E-state index in [0.29, 0.717) is 32.5 Å². The fourth-order valence-electron chi connectivity index (χ4n) is 2.99. The highest BCUT2D eigenvalue weighted by molar-refractivity contribution is 9.10. The number of methoxy groups -OCH3 is 1. The molecule has 2 N–H and O–H groups in total. The Morgan fingerprint density at radius 2 is 2.26 bits per heavy atom. The van der Waals surface area contributed by atoms with E-state index in [0.717, 1.165) is 19.3 Å². The number of ether oxygens (including phenoxy) is 1. The topological polar surface area (TPSA) is 99.9 Å². The zero-order valence-corrected chi connectivity index (χ0v) is 16.8. The van der Waals surface area contributed by atoms with Gasteiger partial charge in [-0.1, -0.05) is 11.6 Å². The molecule has 1 aliphatic carbocycles. The number of nitrogens with one attached hydrogen (secondary N) is 2. The van der Waals surface area contributed by atoms with Crippen LogP contribution in [0.15, 0.2) is 28.9 Å². The minimum atomic E-state index is -0.450. The van der Waals surface area contributed by atoms with Crippen LogP contribution in [0, 0.1) is 17.2 Å². The highest BCUT2D eigenvalue weighted by Crippen LogP contribution is 2.30. The largest absolute Gasteiger partial charge is 0.465 e. The van der Waals surface area contributed by atoms with Gasteiger partial charge in [-0.3, -0.25) is 0 Å². The van der Waals surface area contributed by atoms with Gasteiger partial charge in [0.15, 0.2) is 5.82 Å². The number of hydrogen-bond donors (Lipinski definition) is 2. The molecule has 0 aliphatic heterocycles. The molecule has 0 saturated heterocycles. The predicted octanol–water partition coefficient (Wildman–Crippen LogP) is 4.53. The molecular formula is C18H17BrClN5O2. The van der Waals surface area contributed by atoms with E-state index in [1.165, 1.54) is 13.3 Å². The van der Waals surface area contributed by atoms with E-state index in [-0.39, 0.29) is 12.0 Å². The van der Waals surface area contributed by atoms with Crippen LogP contribution in [0.1, 0.15) is 29.6 Å². The number of rotatable bonds is 5. The number of anilines is 3. The Hall–Kier alpha value is -2.37. The lowest BCUT2D eigenvalue weighted by molar-refractivity contribution is 0.0599. The standard InChI is InChI=1S/C18H17BrClN5O2/c1-27-17(26)12-7-11(5-6-13(12)19)23-18-22-9-14(20)16(25-18)24-15-4-2-3-10(15)8-21/h5-7,9-10,15H,2-4H2,1H3,(H2,22,23,24,25). The lowest BCUT2D eigenvalue weighted by Gasteiger charge is -2.17. The highest BCUT2D eigenvalue weighted by Gasteiger charge is 2.28. The van der Waals surface area contributed by atoms with Crippen molar-refractivity contribution < 1.29 is 9.53 Å².